The van der Waals surface area contributed by atoms with Crippen molar-refractivity contribution in [2.45, 2.75) is 37.7 Å². The highest BCUT2D eigenvalue weighted by Crippen LogP contribution is 2.32. The molecule has 2 rings (SSSR count). The first-order valence-electron chi connectivity index (χ1n) is 6.93. The largest absolute Gasteiger partial charge is 0.392 e. The van der Waals surface area contributed by atoms with Gasteiger partial charge in [-0.25, -0.2) is 13.1 Å². The maximum Gasteiger partial charge on any atom is 0.242 e. The fourth-order valence-electron chi connectivity index (χ4n) is 2.75. The Bertz CT molecular complexity index is 619. The van der Waals surface area contributed by atoms with Crippen LogP contribution in [0.4, 0.5) is 0 Å². The lowest BCUT2D eigenvalue weighted by atomic mass is 9.99. The SMILES string of the molecule is CC1CCCC1CNS(=O)(=O)c1cc(Cl)cc(CO)c1Cl. The smallest absolute Gasteiger partial charge is 0.242 e. The average Bonchev–Trinajstić information content (AvgIpc) is 2.84. The molecule has 0 aliphatic heterocycles. The fraction of sp³-hybridized carbons (Fsp3) is 0.571. The van der Waals surface area contributed by atoms with Crippen LogP contribution in [0.1, 0.15) is 31.7 Å². The predicted molar refractivity (Wildman–Crippen MR) is 84.1 cm³/mol. The van der Waals surface area contributed by atoms with Gasteiger partial charge in [-0.05, 0) is 36.0 Å². The molecule has 0 saturated heterocycles. The number of aliphatic hydroxyl groups excluding tert-OH is 1. The number of sulfonamides is 1. The van der Waals surface area contributed by atoms with Gasteiger partial charge in [-0.15, -0.1) is 0 Å². The van der Waals surface area contributed by atoms with Crippen LogP contribution in [0.3, 0.4) is 0 Å². The molecule has 2 unspecified atom stereocenters. The van der Waals surface area contributed by atoms with Gasteiger partial charge in [0.2, 0.25) is 10.0 Å². The minimum atomic E-state index is -3.73. The highest BCUT2D eigenvalue weighted by atomic mass is 35.5. The molecular weight excluding hydrogens is 333 g/mol. The Morgan fingerprint density at radius 1 is 1.33 bits per heavy atom. The molecule has 1 aliphatic carbocycles. The second-order valence-corrected chi connectivity index (χ2v) is 8.11. The van der Waals surface area contributed by atoms with Crippen molar-refractivity contribution in [3.05, 3.63) is 27.7 Å². The molecule has 0 aromatic heterocycles. The van der Waals surface area contributed by atoms with Crippen molar-refractivity contribution >= 4 is 33.2 Å². The third-order valence-corrected chi connectivity index (χ3v) is 6.34. The van der Waals surface area contributed by atoms with Crippen LogP contribution in [0.5, 0.6) is 0 Å². The van der Waals surface area contributed by atoms with Crippen LogP contribution in [-0.2, 0) is 16.6 Å². The molecule has 1 fully saturated rings. The molecule has 0 spiro atoms. The summed E-state index contributed by atoms with van der Waals surface area (Å²) >= 11 is 11.9. The van der Waals surface area contributed by atoms with E-state index in [1.807, 2.05) is 0 Å². The van der Waals surface area contributed by atoms with Crippen LogP contribution >= 0.6 is 23.2 Å². The zero-order valence-electron chi connectivity index (χ0n) is 11.8. The summed E-state index contributed by atoms with van der Waals surface area (Å²) in [6, 6.07) is 2.77. The molecule has 0 amide bonds. The molecule has 0 heterocycles. The van der Waals surface area contributed by atoms with E-state index in [1.165, 1.54) is 12.1 Å². The van der Waals surface area contributed by atoms with E-state index in [-0.39, 0.29) is 21.5 Å². The van der Waals surface area contributed by atoms with Crippen LogP contribution < -0.4 is 4.72 Å². The Kier molecular flexibility index (Phi) is 5.54. The molecule has 1 aromatic rings. The van der Waals surface area contributed by atoms with Crippen molar-refractivity contribution in [3.63, 3.8) is 0 Å². The summed E-state index contributed by atoms with van der Waals surface area (Å²) < 4.78 is 27.4. The summed E-state index contributed by atoms with van der Waals surface area (Å²) in [4.78, 5) is -0.0774. The van der Waals surface area contributed by atoms with Gasteiger partial charge in [0.25, 0.3) is 0 Å². The third-order valence-electron chi connectivity index (χ3n) is 4.11. The predicted octanol–water partition coefficient (Wildman–Crippen LogP) is 3.20. The molecule has 1 aliphatic rings. The van der Waals surface area contributed by atoms with Gasteiger partial charge in [-0.1, -0.05) is 43.0 Å². The van der Waals surface area contributed by atoms with Crippen molar-refractivity contribution in [1.82, 2.24) is 4.72 Å². The molecule has 0 bridgehead atoms. The first kappa shape index (κ1) is 17.0. The number of hydrogen-bond acceptors (Lipinski definition) is 3. The monoisotopic (exact) mass is 351 g/mol. The van der Waals surface area contributed by atoms with Crippen molar-refractivity contribution in [2.24, 2.45) is 11.8 Å². The van der Waals surface area contributed by atoms with E-state index in [4.69, 9.17) is 23.2 Å². The van der Waals surface area contributed by atoms with Gasteiger partial charge in [0.15, 0.2) is 0 Å². The van der Waals surface area contributed by atoms with Crippen molar-refractivity contribution < 1.29 is 13.5 Å². The number of aliphatic hydroxyl groups is 1. The van der Waals surface area contributed by atoms with Gasteiger partial charge in [0.05, 0.1) is 11.6 Å². The zero-order valence-corrected chi connectivity index (χ0v) is 14.1. The van der Waals surface area contributed by atoms with Crippen LogP contribution in [-0.4, -0.2) is 20.1 Å². The van der Waals surface area contributed by atoms with E-state index in [0.717, 1.165) is 19.3 Å². The van der Waals surface area contributed by atoms with Crippen molar-refractivity contribution in [1.29, 1.82) is 0 Å². The molecule has 7 heteroatoms. The maximum atomic E-state index is 12.4. The molecule has 4 nitrogen and oxygen atoms in total. The van der Waals surface area contributed by atoms with E-state index >= 15 is 0 Å². The van der Waals surface area contributed by atoms with Crippen LogP contribution in [0.25, 0.3) is 0 Å². The first-order valence-corrected chi connectivity index (χ1v) is 9.17. The molecular formula is C14H19Cl2NO3S. The average molecular weight is 352 g/mol. The summed E-state index contributed by atoms with van der Waals surface area (Å²) in [6.45, 7) is 2.19. The Balaban J connectivity index is 2.21. The maximum absolute atomic E-state index is 12.4. The summed E-state index contributed by atoms with van der Waals surface area (Å²) in [6.07, 6.45) is 3.31. The second kappa shape index (κ2) is 6.84. The number of halogens is 2. The minimum absolute atomic E-state index is 0.0221. The van der Waals surface area contributed by atoms with E-state index in [0.29, 0.717) is 23.9 Å². The molecule has 0 radical (unpaired) electrons. The van der Waals surface area contributed by atoms with Crippen LogP contribution in [0.15, 0.2) is 17.0 Å². The minimum Gasteiger partial charge on any atom is -0.392 e. The highest BCUT2D eigenvalue weighted by molar-refractivity contribution is 7.89. The quantitative estimate of drug-likeness (QED) is 0.855. The van der Waals surface area contributed by atoms with Gasteiger partial charge >= 0.3 is 0 Å². The first-order chi connectivity index (χ1) is 9.85. The Morgan fingerprint density at radius 3 is 2.62 bits per heavy atom. The number of hydrogen-bond donors (Lipinski definition) is 2. The lowest BCUT2D eigenvalue weighted by Gasteiger charge is -2.17. The van der Waals surface area contributed by atoms with Gasteiger partial charge in [-0.3, -0.25) is 0 Å². The Hall–Kier alpha value is -0.330. The fourth-order valence-corrected chi connectivity index (χ4v) is 4.77. The summed E-state index contributed by atoms with van der Waals surface area (Å²) in [5, 5.41) is 9.47. The van der Waals surface area contributed by atoms with Gasteiger partial charge in [0.1, 0.15) is 4.90 Å². The third kappa shape index (κ3) is 3.90. The summed E-state index contributed by atoms with van der Waals surface area (Å²) in [5.41, 5.74) is 0.304. The van der Waals surface area contributed by atoms with E-state index in [9.17, 15) is 13.5 Å². The van der Waals surface area contributed by atoms with Crippen LogP contribution in [0.2, 0.25) is 10.0 Å². The molecule has 2 atom stereocenters. The lowest BCUT2D eigenvalue weighted by Crippen LogP contribution is -2.30. The summed E-state index contributed by atoms with van der Waals surface area (Å²) in [7, 11) is -3.73. The summed E-state index contributed by atoms with van der Waals surface area (Å²) in [5.74, 6) is 0.880. The van der Waals surface area contributed by atoms with E-state index < -0.39 is 10.0 Å². The highest BCUT2D eigenvalue weighted by Gasteiger charge is 2.27. The van der Waals surface area contributed by atoms with Gasteiger partial charge in [-0.2, -0.15) is 0 Å². The molecule has 21 heavy (non-hydrogen) atoms. The standard InChI is InChI=1S/C14H19Cl2NO3S/c1-9-3-2-4-10(9)7-17-21(19,20)13-6-12(15)5-11(8-18)14(13)16/h5-6,9-10,17-18H,2-4,7-8H2,1H3. The zero-order chi connectivity index (χ0) is 15.6. The molecule has 2 N–H and O–H groups in total. The normalized spacial score (nSPS) is 22.7. The van der Waals surface area contributed by atoms with Crippen molar-refractivity contribution in [3.8, 4) is 0 Å². The molecule has 1 saturated carbocycles. The molecule has 1 aromatic carbocycles. The number of rotatable bonds is 5. The number of nitrogens with one attached hydrogen (secondary N) is 1. The van der Waals surface area contributed by atoms with Gasteiger partial charge < -0.3 is 5.11 Å². The number of benzene rings is 1. The van der Waals surface area contributed by atoms with E-state index in [1.54, 1.807) is 0 Å². The van der Waals surface area contributed by atoms with Crippen LogP contribution in [0, 0.1) is 11.8 Å². The Labute approximate surface area is 135 Å². The van der Waals surface area contributed by atoms with E-state index in [2.05, 4.69) is 11.6 Å². The Morgan fingerprint density at radius 2 is 2.05 bits per heavy atom. The van der Waals surface area contributed by atoms with Crippen molar-refractivity contribution in [2.75, 3.05) is 6.54 Å². The van der Waals surface area contributed by atoms with Gasteiger partial charge in [0, 0.05) is 11.6 Å². The topological polar surface area (TPSA) is 66.4 Å². The second-order valence-electron chi connectivity index (χ2n) is 5.56. The molecule has 118 valence electrons. The lowest BCUT2D eigenvalue weighted by molar-refractivity contribution is 0.281.